The smallest absolute Gasteiger partial charge is 0.550 e. The van der Waals surface area contributed by atoms with Crippen LogP contribution in [0.4, 0.5) is 20.2 Å². The van der Waals surface area contributed by atoms with Crippen molar-refractivity contribution in [2.24, 2.45) is 5.41 Å². The van der Waals surface area contributed by atoms with Crippen LogP contribution in [0.25, 0.3) is 10.9 Å². The van der Waals surface area contributed by atoms with E-state index in [4.69, 9.17) is 14.2 Å². The fourth-order valence-electron chi connectivity index (χ4n) is 4.89. The molecule has 10 nitrogen and oxygen atoms in total. The zero-order valence-corrected chi connectivity index (χ0v) is 26.1. The van der Waals surface area contributed by atoms with Crippen LogP contribution in [0, 0.1) is 17.0 Å². The van der Waals surface area contributed by atoms with E-state index in [9.17, 15) is 23.9 Å². The van der Waals surface area contributed by atoms with Crippen molar-refractivity contribution >= 4 is 40.1 Å². The van der Waals surface area contributed by atoms with Crippen LogP contribution in [-0.2, 0) is 14.4 Å². The largest absolute Gasteiger partial charge is 1.00 e. The zero-order valence-electron chi connectivity index (χ0n) is 26.1. The summed E-state index contributed by atoms with van der Waals surface area (Å²) in [6.07, 6.45) is 5.07. The fraction of sp³-hybridized carbons (Fsp3) is 0.294. The van der Waals surface area contributed by atoms with Gasteiger partial charge in [-0.2, -0.15) is 0 Å². The van der Waals surface area contributed by atoms with Gasteiger partial charge in [0.1, 0.15) is 17.0 Å². The van der Waals surface area contributed by atoms with E-state index in [0.29, 0.717) is 59.7 Å². The topological polar surface area (TPSA) is 139 Å². The molecule has 13 heteroatoms. The van der Waals surface area contributed by atoms with Gasteiger partial charge in [-0.1, -0.05) is 12.8 Å². The molecule has 0 spiro atoms. The number of anilines is 2. The van der Waals surface area contributed by atoms with E-state index in [0.717, 1.165) is 25.3 Å². The minimum absolute atomic E-state index is 0. The van der Waals surface area contributed by atoms with Crippen molar-refractivity contribution < 1.29 is 61.3 Å². The SMILES string of the molecule is COc1cc2c(Oc3ccc(NC(=O)C4(C(=O)Nc5ccc(F)cc5)CC4)cc3F)ccnc2cc1OCCCCCCC(=O)[O-].[Li+]. The van der Waals surface area contributed by atoms with Crippen LogP contribution in [0.3, 0.4) is 0 Å². The Labute approximate surface area is 282 Å². The van der Waals surface area contributed by atoms with Crippen molar-refractivity contribution in [3.63, 3.8) is 0 Å². The summed E-state index contributed by atoms with van der Waals surface area (Å²) in [5, 5.41) is 16.3. The molecule has 0 bridgehead atoms. The number of aromatic nitrogens is 1. The monoisotopic (exact) mass is 639 g/mol. The Bertz CT molecular complexity index is 1750. The molecular weight excluding hydrogens is 607 g/mol. The van der Waals surface area contributed by atoms with Gasteiger partial charge in [0.05, 0.1) is 19.2 Å². The number of hydrogen-bond donors (Lipinski definition) is 2. The van der Waals surface area contributed by atoms with E-state index in [1.807, 2.05) is 0 Å². The minimum Gasteiger partial charge on any atom is -0.550 e. The predicted molar refractivity (Wildman–Crippen MR) is 164 cm³/mol. The first-order valence-corrected chi connectivity index (χ1v) is 14.8. The number of carbonyl (C=O) groups excluding carboxylic acids is 3. The van der Waals surface area contributed by atoms with Gasteiger partial charge in [-0.15, -0.1) is 0 Å². The Kier molecular flexibility index (Phi) is 11.8. The molecule has 4 aromatic rings. The van der Waals surface area contributed by atoms with Gasteiger partial charge < -0.3 is 34.7 Å². The third-order valence-electron chi connectivity index (χ3n) is 7.65. The summed E-state index contributed by atoms with van der Waals surface area (Å²) in [6, 6.07) is 14.1. The molecule has 1 aliphatic rings. The van der Waals surface area contributed by atoms with Crippen LogP contribution in [0.1, 0.15) is 44.9 Å². The molecule has 0 aliphatic heterocycles. The molecule has 5 rings (SSSR count). The molecule has 1 fully saturated rings. The summed E-state index contributed by atoms with van der Waals surface area (Å²) in [4.78, 5) is 40.8. The first-order chi connectivity index (χ1) is 22.2. The first kappa shape index (κ1) is 35.2. The first-order valence-electron chi connectivity index (χ1n) is 14.8. The number of rotatable bonds is 15. The Hall–Kier alpha value is -4.66. The van der Waals surface area contributed by atoms with Crippen LogP contribution >= 0.6 is 0 Å². The molecule has 2 amide bonds. The van der Waals surface area contributed by atoms with Gasteiger partial charge in [0, 0.05) is 41.1 Å². The third kappa shape index (κ3) is 8.78. The molecule has 0 saturated heterocycles. The van der Waals surface area contributed by atoms with Crippen molar-refractivity contribution in [2.75, 3.05) is 24.4 Å². The second-order valence-corrected chi connectivity index (χ2v) is 11.0. The van der Waals surface area contributed by atoms with Crippen molar-refractivity contribution in [2.45, 2.75) is 44.9 Å². The molecule has 0 radical (unpaired) electrons. The molecule has 0 atom stereocenters. The van der Waals surface area contributed by atoms with E-state index in [2.05, 4.69) is 15.6 Å². The Balaban J connectivity index is 0.00000500. The quantitative estimate of drug-likeness (QED) is 0.115. The molecule has 47 heavy (non-hydrogen) atoms. The number of methoxy groups -OCH3 is 1. The van der Waals surface area contributed by atoms with Crippen LogP contribution in [-0.4, -0.2) is 36.5 Å². The number of hydrogen-bond acceptors (Lipinski definition) is 8. The third-order valence-corrected chi connectivity index (χ3v) is 7.65. The summed E-state index contributed by atoms with van der Waals surface area (Å²) < 4.78 is 45.7. The van der Waals surface area contributed by atoms with Gasteiger partial charge in [0.25, 0.3) is 0 Å². The average Bonchev–Trinajstić information content (AvgIpc) is 3.85. The number of carboxylic acids is 1. The number of amides is 2. The van der Waals surface area contributed by atoms with E-state index in [1.54, 1.807) is 18.2 Å². The summed E-state index contributed by atoms with van der Waals surface area (Å²) >= 11 is 0. The Morgan fingerprint density at radius 2 is 1.51 bits per heavy atom. The maximum atomic E-state index is 15.2. The number of halogens is 2. The van der Waals surface area contributed by atoms with Gasteiger partial charge in [0.15, 0.2) is 23.1 Å². The van der Waals surface area contributed by atoms with Gasteiger partial charge in [0.2, 0.25) is 11.8 Å². The van der Waals surface area contributed by atoms with E-state index in [-0.39, 0.29) is 36.7 Å². The normalized spacial score (nSPS) is 12.8. The molecule has 1 heterocycles. The van der Waals surface area contributed by atoms with Crippen molar-refractivity contribution in [1.82, 2.24) is 4.98 Å². The number of ether oxygens (including phenoxy) is 3. The van der Waals surface area contributed by atoms with Gasteiger partial charge in [-0.3, -0.25) is 14.6 Å². The van der Waals surface area contributed by atoms with Crippen molar-refractivity contribution in [3.05, 3.63) is 78.5 Å². The molecule has 240 valence electrons. The molecular formula is C34H32F2LiN3O7. The maximum Gasteiger partial charge on any atom is 1.00 e. The van der Waals surface area contributed by atoms with Gasteiger partial charge in [-0.05, 0) is 80.6 Å². The molecule has 3 aromatic carbocycles. The number of fused-ring (bicyclic) bond motifs is 1. The number of benzene rings is 3. The van der Waals surface area contributed by atoms with Crippen LogP contribution in [0.2, 0.25) is 0 Å². The van der Waals surface area contributed by atoms with Gasteiger partial charge in [-0.25, -0.2) is 8.78 Å². The van der Waals surface area contributed by atoms with E-state index < -0.39 is 34.8 Å². The standard InChI is InChI=1S/C34H33F2N3O7.Li/c1-44-29-19-24-26(20-30(29)45-17-5-3-2-4-6-31(40)41)37-16-13-27(24)46-28-12-11-23(18-25(28)36)39-33(43)34(14-15-34)32(42)38-22-9-7-21(35)8-10-22;/h7-13,16,18-20H,2-6,14-15,17H2,1H3,(H,38,42)(H,39,43)(H,40,41);/q;+1/p-1. The number of pyridine rings is 1. The van der Waals surface area contributed by atoms with E-state index >= 15 is 4.39 Å². The zero-order chi connectivity index (χ0) is 32.7. The maximum absolute atomic E-state index is 15.2. The van der Waals surface area contributed by atoms with E-state index in [1.165, 1.54) is 49.7 Å². The Morgan fingerprint density at radius 3 is 2.17 bits per heavy atom. The second kappa shape index (κ2) is 15.8. The number of aliphatic carboxylic acids is 1. The summed E-state index contributed by atoms with van der Waals surface area (Å²) in [5.41, 5.74) is -0.252. The van der Waals surface area contributed by atoms with Crippen molar-refractivity contribution in [1.29, 1.82) is 0 Å². The van der Waals surface area contributed by atoms with Crippen LogP contribution < -0.4 is 48.8 Å². The predicted octanol–water partition coefficient (Wildman–Crippen LogP) is 2.75. The number of nitrogens with one attached hydrogen (secondary N) is 2. The van der Waals surface area contributed by atoms with Crippen molar-refractivity contribution in [3.8, 4) is 23.0 Å². The second-order valence-electron chi connectivity index (χ2n) is 11.0. The number of carboxylic acid groups (broad SMARTS) is 1. The number of unbranched alkanes of at least 4 members (excludes halogenated alkanes) is 3. The molecule has 1 saturated carbocycles. The minimum atomic E-state index is -1.29. The summed E-state index contributed by atoms with van der Waals surface area (Å²) in [7, 11) is 1.50. The average molecular weight is 640 g/mol. The van der Waals surface area contributed by atoms with Crippen LogP contribution in [0.15, 0.2) is 66.9 Å². The molecule has 1 aromatic heterocycles. The Morgan fingerprint density at radius 1 is 0.830 bits per heavy atom. The summed E-state index contributed by atoms with van der Waals surface area (Å²) in [6.45, 7) is 0.400. The number of carbonyl (C=O) groups is 3. The molecule has 1 aliphatic carbocycles. The number of nitrogens with zero attached hydrogens (tertiary/aromatic N) is 1. The van der Waals surface area contributed by atoms with Crippen LogP contribution in [0.5, 0.6) is 23.0 Å². The van der Waals surface area contributed by atoms with Gasteiger partial charge >= 0.3 is 18.9 Å². The fourth-order valence-corrected chi connectivity index (χ4v) is 4.89. The molecule has 2 N–H and O–H groups in total. The summed E-state index contributed by atoms with van der Waals surface area (Å²) in [5.74, 6) is -2.21. The molecule has 0 unspecified atom stereocenters.